The highest BCUT2D eigenvalue weighted by atomic mass is 16.2. The molecule has 0 aliphatic carbocycles. The maximum Gasteiger partial charge on any atom is 0.316 e. The van der Waals surface area contributed by atoms with Crippen LogP contribution < -0.4 is 16.4 Å². The molecule has 1 aromatic carbocycles. The van der Waals surface area contributed by atoms with E-state index in [-0.39, 0.29) is 16.9 Å². The van der Waals surface area contributed by atoms with Crippen LogP contribution in [0.15, 0.2) is 27.8 Å². The van der Waals surface area contributed by atoms with Crippen LogP contribution in [-0.2, 0) is 6.54 Å². The predicted octanol–water partition coefficient (Wildman–Crippen LogP) is 2.65. The van der Waals surface area contributed by atoms with Crippen molar-refractivity contribution in [2.24, 2.45) is 5.41 Å². The molecule has 1 amide bonds. The number of carbonyl (C=O) groups excluding carboxylic acids is 1. The van der Waals surface area contributed by atoms with Gasteiger partial charge in [0, 0.05) is 17.6 Å². The van der Waals surface area contributed by atoms with Crippen LogP contribution in [0.5, 0.6) is 0 Å². The summed E-state index contributed by atoms with van der Waals surface area (Å²) in [5.41, 5.74) is -0.00192. The van der Waals surface area contributed by atoms with E-state index in [9.17, 15) is 14.4 Å². The maximum atomic E-state index is 12.6. The van der Waals surface area contributed by atoms with Crippen LogP contribution in [0.1, 0.15) is 58.3 Å². The van der Waals surface area contributed by atoms with E-state index in [1.165, 1.54) is 4.57 Å². The largest absolute Gasteiger partial charge is 0.347 e. The van der Waals surface area contributed by atoms with Crippen molar-refractivity contribution in [2.45, 2.75) is 60.0 Å². The third-order valence-corrected chi connectivity index (χ3v) is 3.98. The van der Waals surface area contributed by atoms with Gasteiger partial charge in [-0.2, -0.15) is 0 Å². The van der Waals surface area contributed by atoms with Crippen LogP contribution in [0.2, 0.25) is 0 Å². The summed E-state index contributed by atoms with van der Waals surface area (Å²) in [5, 5.41) is 3.05. The number of aromatic nitrogens is 2. The number of H-pyrrole nitrogens is 1. The Labute approximate surface area is 147 Å². The lowest BCUT2D eigenvalue weighted by atomic mass is 9.81. The molecule has 6 heteroatoms. The number of hydrogen-bond acceptors (Lipinski definition) is 3. The van der Waals surface area contributed by atoms with E-state index in [1.807, 2.05) is 13.8 Å². The lowest BCUT2D eigenvalue weighted by molar-refractivity contribution is 0.0891. The Hall–Kier alpha value is -2.37. The molecule has 136 valence electrons. The fourth-order valence-electron chi connectivity index (χ4n) is 3.48. The molecule has 0 saturated heterocycles. The topological polar surface area (TPSA) is 84.0 Å². The number of aromatic amines is 1. The Kier molecular flexibility index (Phi) is 4.93. The molecular weight excluding hydrogens is 318 g/mol. The fourth-order valence-corrected chi connectivity index (χ4v) is 3.48. The number of hydrogen-bond donors (Lipinski definition) is 2. The van der Waals surface area contributed by atoms with Gasteiger partial charge in [-0.3, -0.25) is 14.4 Å². The van der Waals surface area contributed by atoms with Gasteiger partial charge >= 0.3 is 11.1 Å². The molecule has 0 unspecified atom stereocenters. The van der Waals surface area contributed by atoms with Crippen LogP contribution in [0.25, 0.3) is 11.0 Å². The molecule has 0 bridgehead atoms. The molecule has 2 N–H and O–H groups in total. The number of benzene rings is 1. The Morgan fingerprint density at radius 1 is 1.16 bits per heavy atom. The third kappa shape index (κ3) is 4.38. The second-order valence-electron chi connectivity index (χ2n) is 8.31. The van der Waals surface area contributed by atoms with E-state index >= 15 is 0 Å². The predicted molar refractivity (Wildman–Crippen MR) is 100 cm³/mol. The van der Waals surface area contributed by atoms with Gasteiger partial charge in [0.2, 0.25) is 0 Å². The summed E-state index contributed by atoms with van der Waals surface area (Å²) in [5.74, 6) is -0.203. The lowest BCUT2D eigenvalue weighted by Gasteiger charge is -2.33. The summed E-state index contributed by atoms with van der Waals surface area (Å²) < 4.78 is 1.40. The van der Waals surface area contributed by atoms with Crippen LogP contribution in [0, 0.1) is 5.41 Å². The second kappa shape index (κ2) is 6.50. The fraction of sp³-hybridized carbons (Fsp3) is 0.526. The Balaban J connectivity index is 2.39. The first-order valence-corrected chi connectivity index (χ1v) is 8.53. The van der Waals surface area contributed by atoms with Gasteiger partial charge in [0.1, 0.15) is 0 Å². The average molecular weight is 345 g/mol. The summed E-state index contributed by atoms with van der Waals surface area (Å²) in [7, 11) is 0. The summed E-state index contributed by atoms with van der Waals surface area (Å²) in [6.07, 6.45) is 0.825. The van der Waals surface area contributed by atoms with E-state index in [2.05, 4.69) is 31.1 Å². The van der Waals surface area contributed by atoms with E-state index < -0.39 is 11.1 Å². The van der Waals surface area contributed by atoms with Gasteiger partial charge in [-0.15, -0.1) is 0 Å². The van der Waals surface area contributed by atoms with Crippen molar-refractivity contribution in [3.8, 4) is 0 Å². The summed E-state index contributed by atoms with van der Waals surface area (Å²) >= 11 is 0. The SMILES string of the molecule is CCn1c(=O)c(=O)[nH]c2cc(C(=O)NC(C)(C)CC(C)(C)C)ccc21. The first-order chi connectivity index (χ1) is 11.4. The first-order valence-electron chi connectivity index (χ1n) is 8.53. The van der Waals surface area contributed by atoms with Crippen molar-refractivity contribution >= 4 is 16.9 Å². The monoisotopic (exact) mass is 345 g/mol. The zero-order valence-electron chi connectivity index (χ0n) is 15.8. The second-order valence-corrected chi connectivity index (χ2v) is 8.31. The van der Waals surface area contributed by atoms with Gasteiger partial charge in [0.25, 0.3) is 5.91 Å². The number of nitrogens with one attached hydrogen (secondary N) is 2. The smallest absolute Gasteiger partial charge is 0.316 e. The molecule has 0 spiro atoms. The van der Waals surface area contributed by atoms with Gasteiger partial charge in [-0.25, -0.2) is 0 Å². The van der Waals surface area contributed by atoms with Crippen molar-refractivity contribution in [3.05, 3.63) is 44.5 Å². The lowest BCUT2D eigenvalue weighted by Crippen LogP contribution is -2.45. The molecule has 0 saturated carbocycles. The van der Waals surface area contributed by atoms with Crippen molar-refractivity contribution in [1.82, 2.24) is 14.9 Å². The minimum absolute atomic E-state index is 0.0859. The molecule has 0 aliphatic heterocycles. The Morgan fingerprint density at radius 2 is 1.80 bits per heavy atom. The highest BCUT2D eigenvalue weighted by molar-refractivity contribution is 5.97. The number of carbonyl (C=O) groups is 1. The minimum atomic E-state index is -0.681. The van der Waals surface area contributed by atoms with Crippen LogP contribution >= 0.6 is 0 Å². The third-order valence-electron chi connectivity index (χ3n) is 3.98. The van der Waals surface area contributed by atoms with E-state index in [4.69, 9.17) is 0 Å². The van der Waals surface area contributed by atoms with Crippen LogP contribution in [0.3, 0.4) is 0 Å². The number of rotatable bonds is 4. The molecule has 1 heterocycles. The summed E-state index contributed by atoms with van der Waals surface area (Å²) in [6, 6.07) is 4.99. The van der Waals surface area contributed by atoms with Gasteiger partial charge in [-0.05, 0) is 50.8 Å². The van der Waals surface area contributed by atoms with Crippen molar-refractivity contribution < 1.29 is 4.79 Å². The van der Waals surface area contributed by atoms with Crippen LogP contribution in [-0.4, -0.2) is 21.0 Å². The van der Waals surface area contributed by atoms with Crippen molar-refractivity contribution in [3.63, 3.8) is 0 Å². The maximum absolute atomic E-state index is 12.6. The molecule has 1 aromatic heterocycles. The molecule has 6 nitrogen and oxygen atoms in total. The standard InChI is InChI=1S/C19H27N3O3/c1-7-22-14-9-8-12(10-13(14)20-16(24)17(22)25)15(23)21-19(5,6)11-18(2,3)4/h8-10H,7,11H2,1-6H3,(H,20,24)(H,21,23). The van der Waals surface area contributed by atoms with Crippen molar-refractivity contribution in [2.75, 3.05) is 0 Å². The average Bonchev–Trinajstić information content (AvgIpc) is 2.45. The van der Waals surface area contributed by atoms with Crippen molar-refractivity contribution in [1.29, 1.82) is 0 Å². The molecule has 2 aromatic rings. The van der Waals surface area contributed by atoms with E-state index in [0.29, 0.717) is 23.1 Å². The zero-order valence-corrected chi connectivity index (χ0v) is 15.8. The molecule has 25 heavy (non-hydrogen) atoms. The number of nitrogens with zero attached hydrogens (tertiary/aromatic N) is 1. The zero-order chi connectivity index (χ0) is 19.0. The Bertz CT molecular complexity index is 914. The summed E-state index contributed by atoms with van der Waals surface area (Å²) in [6.45, 7) is 12.6. The highest BCUT2D eigenvalue weighted by Crippen LogP contribution is 2.27. The van der Waals surface area contributed by atoms with Gasteiger partial charge in [-0.1, -0.05) is 20.8 Å². The van der Waals surface area contributed by atoms with Gasteiger partial charge in [0.05, 0.1) is 11.0 Å². The number of aryl methyl sites for hydroxylation is 1. The van der Waals surface area contributed by atoms with E-state index in [1.54, 1.807) is 25.1 Å². The van der Waals surface area contributed by atoms with Crippen LogP contribution in [0.4, 0.5) is 0 Å². The van der Waals surface area contributed by atoms with Gasteiger partial charge < -0.3 is 14.9 Å². The van der Waals surface area contributed by atoms with E-state index in [0.717, 1.165) is 6.42 Å². The number of amides is 1. The molecule has 0 fully saturated rings. The Morgan fingerprint density at radius 3 is 2.36 bits per heavy atom. The van der Waals surface area contributed by atoms with Gasteiger partial charge in [0.15, 0.2) is 0 Å². The molecule has 0 aliphatic rings. The normalized spacial score (nSPS) is 12.4. The molecular formula is C19H27N3O3. The molecule has 2 rings (SSSR count). The highest BCUT2D eigenvalue weighted by Gasteiger charge is 2.27. The summed E-state index contributed by atoms with van der Waals surface area (Å²) in [4.78, 5) is 38.9. The minimum Gasteiger partial charge on any atom is -0.347 e. The molecule has 0 atom stereocenters. The quantitative estimate of drug-likeness (QED) is 0.836. The first kappa shape index (κ1) is 19.0. The number of fused-ring (bicyclic) bond motifs is 1. The molecule has 0 radical (unpaired) electrons.